The molecule has 3 aromatic carbocycles. The number of ether oxygens (including phenoxy) is 5. The normalized spacial score (nSPS) is 17.3. The molecule has 0 aliphatic carbocycles. The number of carbonyl (C=O) groups excluding carboxylic acids is 1. The van der Waals surface area contributed by atoms with E-state index in [9.17, 15) is 4.79 Å². The lowest BCUT2D eigenvalue weighted by Gasteiger charge is -2.42. The summed E-state index contributed by atoms with van der Waals surface area (Å²) in [7, 11) is 6.09. The van der Waals surface area contributed by atoms with Crippen LogP contribution in [0.3, 0.4) is 0 Å². The number of hydrogen-bond acceptors (Lipinski definition) is 9. The second kappa shape index (κ2) is 9.74. The van der Waals surface area contributed by atoms with Crippen LogP contribution < -0.4 is 28.6 Å². The number of nitrogens with zero attached hydrogens (tertiary/aromatic N) is 1. The molecule has 0 saturated carbocycles. The molecule has 0 amide bonds. The Morgan fingerprint density at radius 2 is 1.63 bits per heavy atom. The van der Waals surface area contributed by atoms with Crippen molar-refractivity contribution in [2.45, 2.75) is 32.0 Å². The van der Waals surface area contributed by atoms with Crippen molar-refractivity contribution < 1.29 is 38.3 Å². The molecular formula is C29H29NO8. The van der Waals surface area contributed by atoms with Gasteiger partial charge in [0.15, 0.2) is 28.7 Å². The molecule has 38 heavy (non-hydrogen) atoms. The SMILES string of the molecule is COc1cc(C(=O)Oc2c(OC)ccc3c2CN2CCc4cc5c(cc4C2C3)OOC5)cc(OC)c1OC. The molecule has 3 aromatic rings. The van der Waals surface area contributed by atoms with Crippen molar-refractivity contribution in [2.75, 3.05) is 35.0 Å². The van der Waals surface area contributed by atoms with Crippen LogP contribution in [0.15, 0.2) is 36.4 Å². The van der Waals surface area contributed by atoms with Gasteiger partial charge < -0.3 is 28.6 Å². The molecule has 6 rings (SSSR count). The van der Waals surface area contributed by atoms with Crippen LogP contribution in [-0.2, 0) is 30.9 Å². The highest BCUT2D eigenvalue weighted by atomic mass is 17.2. The summed E-state index contributed by atoms with van der Waals surface area (Å²) in [5.41, 5.74) is 6.04. The Morgan fingerprint density at radius 1 is 0.868 bits per heavy atom. The van der Waals surface area contributed by atoms with E-state index in [-0.39, 0.29) is 11.6 Å². The van der Waals surface area contributed by atoms with E-state index in [2.05, 4.69) is 23.1 Å². The highest BCUT2D eigenvalue weighted by molar-refractivity contribution is 5.93. The van der Waals surface area contributed by atoms with Gasteiger partial charge >= 0.3 is 5.97 Å². The Kier molecular flexibility index (Phi) is 6.25. The van der Waals surface area contributed by atoms with Crippen LogP contribution in [0.1, 0.15) is 44.2 Å². The first kappa shape index (κ1) is 24.4. The highest BCUT2D eigenvalue weighted by Gasteiger charge is 2.36. The second-order valence-electron chi connectivity index (χ2n) is 9.48. The number of carbonyl (C=O) groups is 1. The predicted molar refractivity (Wildman–Crippen MR) is 136 cm³/mol. The maximum Gasteiger partial charge on any atom is 0.343 e. The molecule has 3 aliphatic rings. The van der Waals surface area contributed by atoms with Crippen LogP contribution in [0.2, 0.25) is 0 Å². The molecule has 198 valence electrons. The number of methoxy groups -OCH3 is 4. The molecule has 0 radical (unpaired) electrons. The second-order valence-corrected chi connectivity index (χ2v) is 9.48. The van der Waals surface area contributed by atoms with Crippen molar-refractivity contribution in [3.63, 3.8) is 0 Å². The third-order valence-electron chi connectivity index (χ3n) is 7.56. The van der Waals surface area contributed by atoms with Crippen LogP contribution in [0.5, 0.6) is 34.5 Å². The molecule has 3 heterocycles. The summed E-state index contributed by atoms with van der Waals surface area (Å²) in [6.07, 6.45) is 1.71. The summed E-state index contributed by atoms with van der Waals surface area (Å²) in [6, 6.07) is 11.6. The van der Waals surface area contributed by atoms with Gasteiger partial charge in [0, 0.05) is 30.3 Å². The van der Waals surface area contributed by atoms with Crippen LogP contribution in [0.4, 0.5) is 0 Å². The fourth-order valence-electron chi connectivity index (χ4n) is 5.66. The lowest BCUT2D eigenvalue weighted by Crippen LogP contribution is -2.39. The van der Waals surface area contributed by atoms with E-state index >= 15 is 0 Å². The molecule has 0 saturated heterocycles. The zero-order valence-electron chi connectivity index (χ0n) is 21.8. The third-order valence-corrected chi connectivity index (χ3v) is 7.56. The highest BCUT2D eigenvalue weighted by Crippen LogP contribution is 2.46. The molecule has 0 fully saturated rings. The van der Waals surface area contributed by atoms with Crippen molar-refractivity contribution in [3.8, 4) is 34.5 Å². The lowest BCUT2D eigenvalue weighted by molar-refractivity contribution is -0.194. The van der Waals surface area contributed by atoms with Crippen molar-refractivity contribution in [2.24, 2.45) is 0 Å². The van der Waals surface area contributed by atoms with Crippen molar-refractivity contribution in [1.82, 2.24) is 4.90 Å². The summed E-state index contributed by atoms with van der Waals surface area (Å²) in [5, 5.41) is 0. The van der Waals surface area contributed by atoms with Gasteiger partial charge in [-0.05, 0) is 59.9 Å². The number of benzene rings is 3. The maximum absolute atomic E-state index is 13.4. The van der Waals surface area contributed by atoms with Crippen LogP contribution in [-0.4, -0.2) is 45.9 Å². The van der Waals surface area contributed by atoms with Gasteiger partial charge in [-0.3, -0.25) is 4.90 Å². The van der Waals surface area contributed by atoms with Gasteiger partial charge in [0.1, 0.15) is 6.61 Å². The van der Waals surface area contributed by atoms with Gasteiger partial charge in [0.2, 0.25) is 5.75 Å². The number of rotatable bonds is 6. The van der Waals surface area contributed by atoms with Gasteiger partial charge in [0.05, 0.1) is 34.0 Å². The Balaban J connectivity index is 1.34. The smallest absolute Gasteiger partial charge is 0.343 e. The van der Waals surface area contributed by atoms with E-state index in [0.717, 1.165) is 41.8 Å². The molecule has 9 nitrogen and oxygen atoms in total. The number of hydrogen-bond donors (Lipinski definition) is 0. The minimum Gasteiger partial charge on any atom is -0.493 e. The molecule has 1 unspecified atom stereocenters. The zero-order chi connectivity index (χ0) is 26.4. The molecule has 3 aliphatic heterocycles. The van der Waals surface area contributed by atoms with E-state index in [0.29, 0.717) is 41.9 Å². The van der Waals surface area contributed by atoms with Crippen molar-refractivity contribution >= 4 is 5.97 Å². The van der Waals surface area contributed by atoms with E-state index in [1.54, 1.807) is 19.2 Å². The minimum atomic E-state index is -0.547. The Bertz CT molecular complexity index is 1390. The van der Waals surface area contributed by atoms with Crippen LogP contribution in [0, 0.1) is 0 Å². The van der Waals surface area contributed by atoms with E-state index in [1.807, 2.05) is 6.07 Å². The van der Waals surface area contributed by atoms with Gasteiger partial charge in [-0.2, -0.15) is 4.89 Å². The van der Waals surface area contributed by atoms with E-state index in [4.69, 9.17) is 33.5 Å². The summed E-state index contributed by atoms with van der Waals surface area (Å²) in [4.78, 5) is 26.4. The fourth-order valence-corrected chi connectivity index (χ4v) is 5.66. The quantitative estimate of drug-likeness (QED) is 0.267. The van der Waals surface area contributed by atoms with Gasteiger partial charge in [0.25, 0.3) is 0 Å². The van der Waals surface area contributed by atoms with Crippen molar-refractivity contribution in [1.29, 1.82) is 0 Å². The Morgan fingerprint density at radius 3 is 2.34 bits per heavy atom. The van der Waals surface area contributed by atoms with Crippen molar-refractivity contribution in [3.05, 3.63) is 69.8 Å². The van der Waals surface area contributed by atoms with Gasteiger partial charge in [-0.15, -0.1) is 0 Å². The first-order chi connectivity index (χ1) is 18.5. The average molecular weight is 520 g/mol. The summed E-state index contributed by atoms with van der Waals surface area (Å²) < 4.78 is 27.8. The minimum absolute atomic E-state index is 0.202. The first-order valence-corrected chi connectivity index (χ1v) is 12.4. The number of esters is 1. The molecular weight excluding hydrogens is 490 g/mol. The molecule has 0 spiro atoms. The maximum atomic E-state index is 13.4. The summed E-state index contributed by atoms with van der Waals surface area (Å²) in [6.45, 7) is 2.01. The van der Waals surface area contributed by atoms with Crippen LogP contribution >= 0.6 is 0 Å². The largest absolute Gasteiger partial charge is 0.493 e. The van der Waals surface area contributed by atoms with Gasteiger partial charge in [-0.25, -0.2) is 4.79 Å². The first-order valence-electron chi connectivity index (χ1n) is 12.4. The average Bonchev–Trinajstić information content (AvgIpc) is 3.41. The molecule has 0 bridgehead atoms. The Labute approximate surface area is 220 Å². The Hall–Kier alpha value is -3.95. The summed E-state index contributed by atoms with van der Waals surface area (Å²) in [5.74, 6) is 2.33. The standard InChI is InChI=1S/C29H29NO8/c1-32-23-6-5-16-10-22-20-13-24-19(15-36-38-24)9-17(20)7-8-30(22)14-21(16)27(23)37-29(31)18-11-25(33-2)28(35-4)26(12-18)34-3/h5-6,9,11-13,22H,7-8,10,14-15H2,1-4H3. The topological polar surface area (TPSA) is 84.9 Å². The van der Waals surface area contributed by atoms with E-state index in [1.165, 1.54) is 32.5 Å². The molecule has 0 N–H and O–H groups in total. The molecule has 0 aromatic heterocycles. The predicted octanol–water partition coefficient (Wildman–Crippen LogP) is 4.42. The molecule has 1 atom stereocenters. The number of fused-ring (bicyclic) bond motifs is 5. The summed E-state index contributed by atoms with van der Waals surface area (Å²) >= 11 is 0. The third kappa shape index (κ3) is 3.99. The fraction of sp³-hybridized carbons (Fsp3) is 0.345. The monoisotopic (exact) mass is 519 g/mol. The zero-order valence-corrected chi connectivity index (χ0v) is 21.8. The van der Waals surface area contributed by atoms with Crippen LogP contribution in [0.25, 0.3) is 0 Å². The lowest BCUT2D eigenvalue weighted by atomic mass is 9.83. The molecule has 9 heteroatoms. The van der Waals surface area contributed by atoms with E-state index < -0.39 is 5.97 Å². The van der Waals surface area contributed by atoms with Gasteiger partial charge in [-0.1, -0.05) is 6.07 Å².